The maximum Gasteiger partial charge on any atom is 0.242 e. The fraction of sp³-hybridized carbons (Fsp3) is 0.417. The van der Waals surface area contributed by atoms with Crippen molar-refractivity contribution in [2.24, 2.45) is 0 Å². The van der Waals surface area contributed by atoms with E-state index in [9.17, 15) is 9.59 Å². The summed E-state index contributed by atoms with van der Waals surface area (Å²) in [4.78, 5) is 27.8. The molecule has 31 heavy (non-hydrogen) atoms. The average molecular weight is 482 g/mol. The van der Waals surface area contributed by atoms with Gasteiger partial charge in [-0.2, -0.15) is 0 Å². The molecule has 2 aromatic rings. The first kappa shape index (κ1) is 23.9. The van der Waals surface area contributed by atoms with E-state index >= 15 is 0 Å². The highest BCUT2D eigenvalue weighted by Crippen LogP contribution is 2.27. The molecule has 3 rings (SSSR count). The number of carbonyl (C=O) groups is 2. The number of amides is 2. The number of nitrogens with one attached hydrogen (secondary N) is 1. The van der Waals surface area contributed by atoms with Crippen LogP contribution in [0.4, 0.5) is 0 Å². The van der Waals surface area contributed by atoms with E-state index in [0.717, 1.165) is 31.2 Å². The van der Waals surface area contributed by atoms with Crippen molar-refractivity contribution >= 4 is 46.6 Å². The molecule has 1 aliphatic carbocycles. The maximum absolute atomic E-state index is 13.3. The first-order valence-corrected chi connectivity index (χ1v) is 11.8. The van der Waals surface area contributed by atoms with Crippen molar-refractivity contribution in [1.82, 2.24) is 10.2 Å². The molecule has 1 atom stereocenters. The van der Waals surface area contributed by atoms with Crippen LogP contribution in [-0.4, -0.2) is 28.8 Å². The highest BCUT2D eigenvalue weighted by atomic mass is 35.5. The molecule has 2 aromatic carbocycles. The number of hydrogen-bond donors (Lipinski definition) is 1. The van der Waals surface area contributed by atoms with Gasteiger partial charge in [-0.3, -0.25) is 9.59 Å². The number of benzene rings is 2. The van der Waals surface area contributed by atoms with Crippen LogP contribution in [0.25, 0.3) is 0 Å². The molecule has 0 saturated heterocycles. The molecule has 1 aliphatic rings. The van der Waals surface area contributed by atoms with Gasteiger partial charge in [0.1, 0.15) is 6.04 Å². The molecule has 0 heterocycles. The molecule has 166 valence electrons. The van der Waals surface area contributed by atoms with Gasteiger partial charge in [-0.15, -0.1) is 0 Å². The smallest absolute Gasteiger partial charge is 0.242 e. The summed E-state index contributed by atoms with van der Waals surface area (Å²) in [6, 6.07) is 12.2. The Bertz CT molecular complexity index is 909. The van der Waals surface area contributed by atoms with E-state index in [0.29, 0.717) is 27.1 Å². The van der Waals surface area contributed by atoms with Crippen LogP contribution in [0.5, 0.6) is 0 Å². The number of halogens is 3. The molecular formula is C24H27Cl3N2O2. The van der Waals surface area contributed by atoms with E-state index < -0.39 is 6.04 Å². The molecule has 2 amide bonds. The molecule has 0 aromatic heterocycles. The Balaban J connectivity index is 1.77. The number of hydrogen-bond acceptors (Lipinski definition) is 2. The Hall–Kier alpha value is -1.75. The summed E-state index contributed by atoms with van der Waals surface area (Å²) in [5, 5.41) is 4.66. The largest absolute Gasteiger partial charge is 0.352 e. The summed E-state index contributed by atoms with van der Waals surface area (Å²) in [5.74, 6) is -0.300. The average Bonchev–Trinajstić information content (AvgIpc) is 3.25. The lowest BCUT2D eigenvalue weighted by Crippen LogP contribution is -2.49. The molecule has 0 radical (unpaired) electrons. The lowest BCUT2D eigenvalue weighted by molar-refractivity contribution is -0.140. The third-order valence-electron chi connectivity index (χ3n) is 5.83. The van der Waals surface area contributed by atoms with Gasteiger partial charge < -0.3 is 10.2 Å². The summed E-state index contributed by atoms with van der Waals surface area (Å²) >= 11 is 18.9. The van der Waals surface area contributed by atoms with Gasteiger partial charge in [0.25, 0.3) is 0 Å². The van der Waals surface area contributed by atoms with Crippen LogP contribution in [0, 0.1) is 0 Å². The molecule has 0 aliphatic heterocycles. The van der Waals surface area contributed by atoms with E-state index in [4.69, 9.17) is 34.8 Å². The lowest BCUT2D eigenvalue weighted by atomic mass is 10.1. The van der Waals surface area contributed by atoms with E-state index in [2.05, 4.69) is 5.32 Å². The topological polar surface area (TPSA) is 49.4 Å². The van der Waals surface area contributed by atoms with Gasteiger partial charge in [0, 0.05) is 39.6 Å². The van der Waals surface area contributed by atoms with Crippen molar-refractivity contribution in [3.05, 3.63) is 68.7 Å². The summed E-state index contributed by atoms with van der Waals surface area (Å²) in [5.41, 5.74) is 1.54. The lowest BCUT2D eigenvalue weighted by Gasteiger charge is -2.30. The zero-order valence-corrected chi connectivity index (χ0v) is 19.8. The van der Waals surface area contributed by atoms with Gasteiger partial charge in [-0.1, -0.05) is 71.9 Å². The third-order valence-corrected chi connectivity index (χ3v) is 6.90. The molecule has 4 nitrogen and oxygen atoms in total. The fourth-order valence-electron chi connectivity index (χ4n) is 3.91. The standard InChI is InChI=1S/C24H27Cl3N2O2/c1-16(24(31)28-18-8-3-4-9-18)29(15-19-21(26)11-6-12-22(19)27)23(30)14-13-17-7-2-5-10-20(17)25/h2,5-7,10-12,16,18H,3-4,8-9,13-15H2,1H3,(H,28,31)/t16-/m1/s1. The SMILES string of the molecule is C[C@H](C(=O)NC1CCCC1)N(Cc1c(Cl)cccc1Cl)C(=O)CCc1ccccc1Cl. The summed E-state index contributed by atoms with van der Waals surface area (Å²) in [6.45, 7) is 1.92. The van der Waals surface area contributed by atoms with Gasteiger partial charge in [-0.25, -0.2) is 0 Å². The molecule has 0 spiro atoms. The zero-order valence-electron chi connectivity index (χ0n) is 17.5. The van der Waals surface area contributed by atoms with Crippen LogP contribution < -0.4 is 5.32 Å². The van der Waals surface area contributed by atoms with Crippen molar-refractivity contribution < 1.29 is 9.59 Å². The highest BCUT2D eigenvalue weighted by molar-refractivity contribution is 6.36. The second-order valence-electron chi connectivity index (χ2n) is 7.98. The molecule has 1 fully saturated rings. The number of carbonyl (C=O) groups excluding carboxylic acids is 2. The van der Waals surface area contributed by atoms with E-state index in [1.165, 1.54) is 0 Å². The Morgan fingerprint density at radius 1 is 1.00 bits per heavy atom. The van der Waals surface area contributed by atoms with E-state index in [1.54, 1.807) is 36.1 Å². The van der Waals surface area contributed by atoms with Crippen LogP contribution in [0.3, 0.4) is 0 Å². The Morgan fingerprint density at radius 2 is 1.61 bits per heavy atom. The Kier molecular flexibility index (Phi) is 8.65. The molecule has 0 unspecified atom stereocenters. The van der Waals surface area contributed by atoms with Crippen molar-refractivity contribution in [2.75, 3.05) is 0 Å². The number of aryl methyl sites for hydroxylation is 1. The summed E-state index contributed by atoms with van der Waals surface area (Å²) < 4.78 is 0. The third kappa shape index (κ3) is 6.38. The van der Waals surface area contributed by atoms with Crippen LogP contribution >= 0.6 is 34.8 Å². The van der Waals surface area contributed by atoms with Gasteiger partial charge in [-0.05, 0) is 49.9 Å². The van der Waals surface area contributed by atoms with Crippen LogP contribution in [0.1, 0.15) is 50.2 Å². The molecule has 1 N–H and O–H groups in total. The molecule has 7 heteroatoms. The highest BCUT2D eigenvalue weighted by Gasteiger charge is 2.29. The van der Waals surface area contributed by atoms with E-state index in [-0.39, 0.29) is 30.8 Å². The molecular weight excluding hydrogens is 455 g/mol. The summed E-state index contributed by atoms with van der Waals surface area (Å²) in [7, 11) is 0. The minimum Gasteiger partial charge on any atom is -0.352 e. The summed E-state index contributed by atoms with van der Waals surface area (Å²) in [6.07, 6.45) is 4.92. The monoisotopic (exact) mass is 480 g/mol. The Labute approximate surface area is 198 Å². The van der Waals surface area contributed by atoms with Gasteiger partial charge in [0.2, 0.25) is 11.8 Å². The second-order valence-corrected chi connectivity index (χ2v) is 9.20. The van der Waals surface area contributed by atoms with Gasteiger partial charge in [0.15, 0.2) is 0 Å². The first-order chi connectivity index (χ1) is 14.9. The second kappa shape index (κ2) is 11.2. The van der Waals surface area contributed by atoms with E-state index in [1.807, 2.05) is 18.2 Å². The fourth-order valence-corrected chi connectivity index (χ4v) is 4.66. The minimum atomic E-state index is -0.647. The quantitative estimate of drug-likeness (QED) is 0.498. The van der Waals surface area contributed by atoms with Crippen molar-refractivity contribution in [3.63, 3.8) is 0 Å². The minimum absolute atomic E-state index is 0.148. The Morgan fingerprint density at radius 3 is 2.26 bits per heavy atom. The number of rotatable bonds is 8. The van der Waals surface area contributed by atoms with Crippen LogP contribution in [0.15, 0.2) is 42.5 Å². The number of nitrogens with zero attached hydrogens (tertiary/aromatic N) is 1. The van der Waals surface area contributed by atoms with Gasteiger partial charge in [0.05, 0.1) is 0 Å². The van der Waals surface area contributed by atoms with Crippen LogP contribution in [0.2, 0.25) is 15.1 Å². The van der Waals surface area contributed by atoms with Crippen molar-refractivity contribution in [1.29, 1.82) is 0 Å². The van der Waals surface area contributed by atoms with Crippen molar-refractivity contribution in [3.8, 4) is 0 Å². The maximum atomic E-state index is 13.3. The van der Waals surface area contributed by atoms with Crippen molar-refractivity contribution in [2.45, 2.75) is 64.1 Å². The normalized spacial score (nSPS) is 15.0. The molecule has 0 bridgehead atoms. The zero-order chi connectivity index (χ0) is 22.4. The predicted octanol–water partition coefficient (Wildman–Crippen LogP) is 6.06. The van der Waals surface area contributed by atoms with Crippen LogP contribution in [-0.2, 0) is 22.6 Å². The first-order valence-electron chi connectivity index (χ1n) is 10.6. The molecule has 1 saturated carbocycles. The predicted molar refractivity (Wildman–Crippen MR) is 127 cm³/mol. The van der Waals surface area contributed by atoms with Gasteiger partial charge >= 0.3 is 0 Å².